The highest BCUT2D eigenvalue weighted by Crippen LogP contribution is 2.29. The zero-order valence-electron chi connectivity index (χ0n) is 10.6. The standard InChI is InChI=1S/C12H22N4O/c1-17-9-12-11(5-7-13)14-15-16(12)8-6-10-3-2-4-10/h10H,2-9,13H2,1H3. The Bertz CT molecular complexity index is 346. The maximum absolute atomic E-state index is 5.57. The summed E-state index contributed by atoms with van der Waals surface area (Å²) in [6, 6.07) is 0. The molecule has 0 aliphatic heterocycles. The fourth-order valence-electron chi connectivity index (χ4n) is 2.26. The first-order chi connectivity index (χ1) is 8.35. The van der Waals surface area contributed by atoms with Crippen molar-refractivity contribution in [3.63, 3.8) is 0 Å². The molecule has 5 nitrogen and oxygen atoms in total. The highest BCUT2D eigenvalue weighted by molar-refractivity contribution is 5.09. The van der Waals surface area contributed by atoms with E-state index < -0.39 is 0 Å². The summed E-state index contributed by atoms with van der Waals surface area (Å²) in [5, 5.41) is 8.41. The van der Waals surface area contributed by atoms with Crippen LogP contribution in [-0.2, 0) is 24.3 Å². The van der Waals surface area contributed by atoms with Gasteiger partial charge in [0.1, 0.15) is 0 Å². The molecular weight excluding hydrogens is 216 g/mol. The average molecular weight is 238 g/mol. The quantitative estimate of drug-likeness (QED) is 0.773. The summed E-state index contributed by atoms with van der Waals surface area (Å²) >= 11 is 0. The molecule has 1 aromatic heterocycles. The van der Waals surface area contributed by atoms with Crippen LogP contribution in [0.3, 0.4) is 0 Å². The molecule has 96 valence electrons. The van der Waals surface area contributed by atoms with Gasteiger partial charge < -0.3 is 10.5 Å². The van der Waals surface area contributed by atoms with Crippen molar-refractivity contribution in [1.82, 2.24) is 15.0 Å². The molecule has 1 heterocycles. The summed E-state index contributed by atoms with van der Waals surface area (Å²) in [4.78, 5) is 0. The van der Waals surface area contributed by atoms with Gasteiger partial charge in [0.25, 0.3) is 0 Å². The van der Waals surface area contributed by atoms with E-state index in [0.717, 1.165) is 30.3 Å². The number of aromatic nitrogens is 3. The van der Waals surface area contributed by atoms with Crippen LogP contribution in [0.25, 0.3) is 0 Å². The van der Waals surface area contributed by atoms with Gasteiger partial charge in [-0.3, -0.25) is 0 Å². The lowest BCUT2D eigenvalue weighted by atomic mass is 9.83. The van der Waals surface area contributed by atoms with Crippen molar-refractivity contribution in [2.75, 3.05) is 13.7 Å². The van der Waals surface area contributed by atoms with Gasteiger partial charge in [-0.2, -0.15) is 0 Å². The summed E-state index contributed by atoms with van der Waals surface area (Å²) in [6.45, 7) is 2.14. The molecule has 0 unspecified atom stereocenters. The fraction of sp³-hybridized carbons (Fsp3) is 0.833. The number of rotatable bonds is 7. The Balaban J connectivity index is 1.97. The van der Waals surface area contributed by atoms with Gasteiger partial charge >= 0.3 is 0 Å². The lowest BCUT2D eigenvalue weighted by Gasteiger charge is -2.25. The van der Waals surface area contributed by atoms with Gasteiger partial charge in [0.15, 0.2) is 0 Å². The largest absolute Gasteiger partial charge is 0.378 e. The van der Waals surface area contributed by atoms with Crippen LogP contribution < -0.4 is 5.73 Å². The van der Waals surface area contributed by atoms with Crippen LogP contribution in [0.1, 0.15) is 37.1 Å². The summed E-state index contributed by atoms with van der Waals surface area (Å²) in [6.07, 6.45) is 6.14. The highest BCUT2D eigenvalue weighted by Gasteiger charge is 2.18. The predicted octanol–water partition coefficient (Wildman–Crippen LogP) is 1.12. The van der Waals surface area contributed by atoms with Crippen LogP contribution in [0.4, 0.5) is 0 Å². The zero-order chi connectivity index (χ0) is 12.1. The van der Waals surface area contributed by atoms with Crippen molar-refractivity contribution in [1.29, 1.82) is 0 Å². The second-order valence-corrected chi connectivity index (χ2v) is 4.76. The molecule has 1 aromatic rings. The molecule has 0 aromatic carbocycles. The molecule has 2 rings (SSSR count). The molecule has 17 heavy (non-hydrogen) atoms. The van der Waals surface area contributed by atoms with Crippen molar-refractivity contribution in [3.05, 3.63) is 11.4 Å². The monoisotopic (exact) mass is 238 g/mol. The third-order valence-corrected chi connectivity index (χ3v) is 3.55. The zero-order valence-corrected chi connectivity index (χ0v) is 10.6. The number of nitrogens with zero attached hydrogens (tertiary/aromatic N) is 3. The van der Waals surface area contributed by atoms with Crippen molar-refractivity contribution < 1.29 is 4.74 Å². The number of hydrogen-bond donors (Lipinski definition) is 1. The molecule has 0 spiro atoms. The molecule has 0 bridgehead atoms. The molecule has 1 aliphatic carbocycles. The van der Waals surface area contributed by atoms with Crippen LogP contribution in [0.15, 0.2) is 0 Å². The minimum atomic E-state index is 0.576. The molecule has 1 saturated carbocycles. The van der Waals surface area contributed by atoms with Crippen LogP contribution in [0.2, 0.25) is 0 Å². The molecule has 0 saturated heterocycles. The normalized spacial score (nSPS) is 16.1. The van der Waals surface area contributed by atoms with Crippen LogP contribution in [0.5, 0.6) is 0 Å². The number of aryl methyl sites for hydroxylation is 1. The summed E-state index contributed by atoms with van der Waals surface area (Å²) < 4.78 is 7.21. The maximum atomic E-state index is 5.57. The molecule has 0 atom stereocenters. The lowest BCUT2D eigenvalue weighted by molar-refractivity contribution is 0.174. The van der Waals surface area contributed by atoms with E-state index in [2.05, 4.69) is 10.3 Å². The van der Waals surface area contributed by atoms with Crippen molar-refractivity contribution in [2.45, 2.75) is 45.3 Å². The molecule has 5 heteroatoms. The van der Waals surface area contributed by atoms with E-state index in [-0.39, 0.29) is 0 Å². The number of methoxy groups -OCH3 is 1. The van der Waals surface area contributed by atoms with Gasteiger partial charge in [-0.1, -0.05) is 24.5 Å². The van der Waals surface area contributed by atoms with E-state index in [1.54, 1.807) is 7.11 Å². The Kier molecular flexibility index (Phi) is 4.50. The second-order valence-electron chi connectivity index (χ2n) is 4.76. The molecular formula is C12H22N4O. The van der Waals surface area contributed by atoms with E-state index in [9.17, 15) is 0 Å². The molecule has 2 N–H and O–H groups in total. The Morgan fingerprint density at radius 2 is 2.29 bits per heavy atom. The summed E-state index contributed by atoms with van der Waals surface area (Å²) in [5.74, 6) is 0.896. The third kappa shape index (κ3) is 3.04. The van der Waals surface area contributed by atoms with Gasteiger partial charge in [0.05, 0.1) is 18.0 Å². The van der Waals surface area contributed by atoms with Crippen molar-refractivity contribution in [3.8, 4) is 0 Å². The average Bonchev–Trinajstić information content (AvgIpc) is 2.61. The smallest absolute Gasteiger partial charge is 0.0900 e. The predicted molar refractivity (Wildman–Crippen MR) is 65.5 cm³/mol. The Morgan fingerprint density at radius 3 is 2.88 bits per heavy atom. The maximum Gasteiger partial charge on any atom is 0.0900 e. The van der Waals surface area contributed by atoms with Crippen LogP contribution in [0, 0.1) is 5.92 Å². The highest BCUT2D eigenvalue weighted by atomic mass is 16.5. The fourth-order valence-corrected chi connectivity index (χ4v) is 2.26. The molecule has 1 fully saturated rings. The second kappa shape index (κ2) is 6.12. The van der Waals surface area contributed by atoms with E-state index in [4.69, 9.17) is 10.5 Å². The molecule has 0 amide bonds. The van der Waals surface area contributed by atoms with Gasteiger partial charge in [-0.05, 0) is 18.9 Å². The van der Waals surface area contributed by atoms with Crippen LogP contribution >= 0.6 is 0 Å². The molecule has 1 aliphatic rings. The summed E-state index contributed by atoms with van der Waals surface area (Å²) in [5.41, 5.74) is 7.65. The number of nitrogens with two attached hydrogens (primary N) is 1. The van der Waals surface area contributed by atoms with Crippen molar-refractivity contribution >= 4 is 0 Å². The van der Waals surface area contributed by atoms with E-state index in [0.29, 0.717) is 13.2 Å². The lowest BCUT2D eigenvalue weighted by Crippen LogP contribution is -2.16. The van der Waals surface area contributed by atoms with Gasteiger partial charge in [-0.25, -0.2) is 4.68 Å². The van der Waals surface area contributed by atoms with Crippen LogP contribution in [-0.4, -0.2) is 28.6 Å². The molecule has 0 radical (unpaired) electrons. The van der Waals surface area contributed by atoms with E-state index in [1.165, 1.54) is 25.7 Å². The first-order valence-corrected chi connectivity index (χ1v) is 6.45. The first kappa shape index (κ1) is 12.5. The third-order valence-electron chi connectivity index (χ3n) is 3.55. The van der Waals surface area contributed by atoms with E-state index >= 15 is 0 Å². The minimum Gasteiger partial charge on any atom is -0.378 e. The number of ether oxygens (including phenoxy) is 1. The van der Waals surface area contributed by atoms with E-state index in [1.807, 2.05) is 4.68 Å². The first-order valence-electron chi connectivity index (χ1n) is 6.45. The Labute approximate surface area is 102 Å². The number of hydrogen-bond acceptors (Lipinski definition) is 4. The Hall–Kier alpha value is -0.940. The topological polar surface area (TPSA) is 66.0 Å². The van der Waals surface area contributed by atoms with Gasteiger partial charge in [0, 0.05) is 20.1 Å². The van der Waals surface area contributed by atoms with Gasteiger partial charge in [0.2, 0.25) is 0 Å². The van der Waals surface area contributed by atoms with Gasteiger partial charge in [-0.15, -0.1) is 5.10 Å². The minimum absolute atomic E-state index is 0.576. The van der Waals surface area contributed by atoms with Crippen molar-refractivity contribution in [2.24, 2.45) is 11.7 Å². The SMILES string of the molecule is COCc1c(CCN)nnn1CCC1CCC1. The Morgan fingerprint density at radius 1 is 1.47 bits per heavy atom. The summed E-state index contributed by atoms with van der Waals surface area (Å²) in [7, 11) is 1.70.